The Morgan fingerprint density at radius 2 is 1.71 bits per heavy atom. The van der Waals surface area contributed by atoms with Crippen LogP contribution in [-0.4, -0.2) is 34.0 Å². The van der Waals surface area contributed by atoms with E-state index in [1.807, 2.05) is 64.1 Å². The zero-order valence-corrected chi connectivity index (χ0v) is 20.8. The molecule has 2 aromatic carbocycles. The van der Waals surface area contributed by atoms with Gasteiger partial charge in [-0.05, 0) is 56.5 Å². The van der Waals surface area contributed by atoms with Crippen LogP contribution in [0, 0.1) is 0 Å². The smallest absolute Gasteiger partial charge is 0.243 e. The van der Waals surface area contributed by atoms with E-state index in [4.69, 9.17) is 23.2 Å². The van der Waals surface area contributed by atoms with Crippen LogP contribution in [0.2, 0.25) is 10.0 Å². The van der Waals surface area contributed by atoms with Gasteiger partial charge in [0.2, 0.25) is 11.8 Å². The normalized spacial score (nSPS) is 12.3. The van der Waals surface area contributed by atoms with Crippen molar-refractivity contribution < 1.29 is 9.59 Å². The zero-order chi connectivity index (χ0) is 23.0. The third kappa shape index (κ3) is 8.40. The number of benzene rings is 2. The van der Waals surface area contributed by atoms with E-state index in [1.165, 1.54) is 11.8 Å². The Kier molecular flexibility index (Phi) is 9.73. The molecule has 4 nitrogen and oxygen atoms in total. The number of hydrogen-bond acceptors (Lipinski definition) is 3. The van der Waals surface area contributed by atoms with E-state index >= 15 is 0 Å². The highest BCUT2D eigenvalue weighted by molar-refractivity contribution is 7.99. The predicted molar refractivity (Wildman–Crippen MR) is 132 cm³/mol. The highest BCUT2D eigenvalue weighted by Gasteiger charge is 2.30. The molecule has 0 saturated carbocycles. The van der Waals surface area contributed by atoms with E-state index in [2.05, 4.69) is 5.32 Å². The molecule has 2 rings (SSSR count). The van der Waals surface area contributed by atoms with Crippen molar-refractivity contribution in [2.45, 2.75) is 58.0 Å². The Bertz CT molecular complexity index is 882. The second-order valence-electron chi connectivity index (χ2n) is 8.40. The summed E-state index contributed by atoms with van der Waals surface area (Å²) in [7, 11) is 0. The molecule has 168 valence electrons. The quantitative estimate of drug-likeness (QED) is 0.482. The topological polar surface area (TPSA) is 49.4 Å². The highest BCUT2D eigenvalue weighted by atomic mass is 35.5. The molecule has 2 amide bonds. The number of amides is 2. The molecule has 0 aliphatic heterocycles. The van der Waals surface area contributed by atoms with Crippen molar-refractivity contribution in [3.05, 3.63) is 69.7 Å². The number of nitrogens with zero attached hydrogens (tertiary/aromatic N) is 1. The van der Waals surface area contributed by atoms with Gasteiger partial charge in [0.1, 0.15) is 6.04 Å². The van der Waals surface area contributed by atoms with Gasteiger partial charge < -0.3 is 10.2 Å². The summed E-state index contributed by atoms with van der Waals surface area (Å²) in [5.74, 6) is 0.667. The van der Waals surface area contributed by atoms with Gasteiger partial charge in [-0.25, -0.2) is 0 Å². The van der Waals surface area contributed by atoms with Crippen molar-refractivity contribution in [3.63, 3.8) is 0 Å². The van der Waals surface area contributed by atoms with Gasteiger partial charge in [-0.1, -0.05) is 60.5 Å². The van der Waals surface area contributed by atoms with Crippen LogP contribution in [0.25, 0.3) is 0 Å². The number of rotatable bonds is 9. The molecule has 1 atom stereocenters. The van der Waals surface area contributed by atoms with Crippen molar-refractivity contribution in [1.29, 1.82) is 0 Å². The molecule has 0 aromatic heterocycles. The second-order valence-corrected chi connectivity index (χ2v) is 10.2. The van der Waals surface area contributed by atoms with Crippen molar-refractivity contribution in [3.8, 4) is 0 Å². The Hall–Kier alpha value is -1.69. The van der Waals surface area contributed by atoms with Crippen LogP contribution in [-0.2, 0) is 21.9 Å². The zero-order valence-electron chi connectivity index (χ0n) is 18.5. The summed E-state index contributed by atoms with van der Waals surface area (Å²) in [6.45, 7) is 8.07. The molecule has 0 radical (unpaired) electrons. The van der Waals surface area contributed by atoms with Gasteiger partial charge in [-0.3, -0.25) is 9.59 Å². The Morgan fingerprint density at radius 1 is 1.06 bits per heavy atom. The van der Waals surface area contributed by atoms with Gasteiger partial charge in [-0.15, -0.1) is 11.8 Å². The van der Waals surface area contributed by atoms with Crippen LogP contribution >= 0.6 is 35.0 Å². The Labute approximate surface area is 199 Å². The number of carbonyl (C=O) groups is 2. The Morgan fingerprint density at radius 3 is 2.29 bits per heavy atom. The number of thioether (sulfide) groups is 1. The molecule has 0 aliphatic rings. The van der Waals surface area contributed by atoms with Gasteiger partial charge >= 0.3 is 0 Å². The maximum absolute atomic E-state index is 13.2. The van der Waals surface area contributed by atoms with E-state index in [0.717, 1.165) is 11.1 Å². The largest absolute Gasteiger partial charge is 0.350 e. The summed E-state index contributed by atoms with van der Waals surface area (Å²) < 4.78 is 0. The molecule has 0 fully saturated rings. The molecule has 0 unspecified atom stereocenters. The molecule has 2 aromatic rings. The SMILES string of the molecule is CC[C@@H](C(=O)NC(C)(C)C)N(Cc1ccc(Cl)cc1)C(=O)CSCc1ccccc1Cl. The fourth-order valence-corrected chi connectivity index (χ4v) is 4.43. The molecule has 0 spiro atoms. The summed E-state index contributed by atoms with van der Waals surface area (Å²) in [4.78, 5) is 27.9. The average Bonchev–Trinajstić information content (AvgIpc) is 2.69. The molecular formula is C24H30Cl2N2O2S. The number of nitrogens with one attached hydrogen (secondary N) is 1. The van der Waals surface area contributed by atoms with Crippen molar-refractivity contribution in [1.82, 2.24) is 10.2 Å². The van der Waals surface area contributed by atoms with Gasteiger partial charge in [0.05, 0.1) is 5.75 Å². The minimum absolute atomic E-state index is 0.0806. The first-order chi connectivity index (χ1) is 14.6. The summed E-state index contributed by atoms with van der Waals surface area (Å²) in [5.41, 5.74) is 1.54. The van der Waals surface area contributed by atoms with E-state index in [-0.39, 0.29) is 23.1 Å². The van der Waals surface area contributed by atoms with Gasteiger partial charge in [0.15, 0.2) is 0 Å². The van der Waals surface area contributed by atoms with Crippen LogP contribution in [0.15, 0.2) is 48.5 Å². The summed E-state index contributed by atoms with van der Waals surface area (Å²) in [6, 6.07) is 14.4. The fourth-order valence-electron chi connectivity index (χ4n) is 3.11. The third-order valence-corrected chi connectivity index (χ3v) is 6.18. The molecule has 0 saturated heterocycles. The fraction of sp³-hybridized carbons (Fsp3) is 0.417. The predicted octanol–water partition coefficient (Wildman–Crippen LogP) is 5.95. The van der Waals surface area contributed by atoms with E-state index in [9.17, 15) is 9.59 Å². The van der Waals surface area contributed by atoms with Crippen LogP contribution in [0.5, 0.6) is 0 Å². The lowest BCUT2D eigenvalue weighted by Crippen LogP contribution is -2.53. The van der Waals surface area contributed by atoms with Crippen LogP contribution < -0.4 is 5.32 Å². The minimum atomic E-state index is -0.552. The first-order valence-corrected chi connectivity index (χ1v) is 12.2. The molecule has 7 heteroatoms. The van der Waals surface area contributed by atoms with E-state index < -0.39 is 6.04 Å². The van der Waals surface area contributed by atoms with Gasteiger partial charge in [0, 0.05) is 27.9 Å². The lowest BCUT2D eigenvalue weighted by Gasteiger charge is -2.33. The molecule has 0 aliphatic carbocycles. The van der Waals surface area contributed by atoms with Crippen molar-refractivity contribution >= 4 is 46.8 Å². The maximum atomic E-state index is 13.2. The second kappa shape index (κ2) is 11.8. The monoisotopic (exact) mass is 480 g/mol. The molecule has 0 bridgehead atoms. The maximum Gasteiger partial charge on any atom is 0.243 e. The van der Waals surface area contributed by atoms with Gasteiger partial charge in [-0.2, -0.15) is 0 Å². The molecule has 0 heterocycles. The third-order valence-electron chi connectivity index (χ3n) is 4.59. The van der Waals surface area contributed by atoms with E-state index in [0.29, 0.717) is 28.8 Å². The van der Waals surface area contributed by atoms with Crippen LogP contribution in [0.3, 0.4) is 0 Å². The molecule has 31 heavy (non-hydrogen) atoms. The van der Waals surface area contributed by atoms with E-state index in [1.54, 1.807) is 17.0 Å². The molecule has 1 N–H and O–H groups in total. The number of hydrogen-bond donors (Lipinski definition) is 1. The minimum Gasteiger partial charge on any atom is -0.350 e. The summed E-state index contributed by atoms with van der Waals surface area (Å²) in [5, 5.41) is 4.34. The number of carbonyl (C=O) groups excluding carboxylic acids is 2. The lowest BCUT2D eigenvalue weighted by atomic mass is 10.1. The summed E-state index contributed by atoms with van der Waals surface area (Å²) in [6.07, 6.45) is 0.524. The van der Waals surface area contributed by atoms with Crippen molar-refractivity contribution in [2.75, 3.05) is 5.75 Å². The van der Waals surface area contributed by atoms with Gasteiger partial charge in [0.25, 0.3) is 0 Å². The average molecular weight is 481 g/mol. The standard InChI is InChI=1S/C24H30Cl2N2O2S/c1-5-21(23(30)27-24(2,3)4)28(14-17-10-12-19(25)13-11-17)22(29)16-31-15-18-8-6-7-9-20(18)26/h6-13,21H,5,14-16H2,1-4H3,(H,27,30)/t21-/m0/s1. The van der Waals surface area contributed by atoms with Crippen LogP contribution in [0.1, 0.15) is 45.2 Å². The Balaban J connectivity index is 2.16. The van der Waals surface area contributed by atoms with Crippen LogP contribution in [0.4, 0.5) is 0 Å². The lowest BCUT2D eigenvalue weighted by molar-refractivity contribution is -0.140. The number of halogens is 2. The summed E-state index contributed by atoms with van der Waals surface area (Å²) >= 11 is 13.7. The molecular weight excluding hydrogens is 451 g/mol. The first-order valence-electron chi connectivity index (χ1n) is 10.3. The van der Waals surface area contributed by atoms with Crippen molar-refractivity contribution in [2.24, 2.45) is 0 Å². The highest BCUT2D eigenvalue weighted by Crippen LogP contribution is 2.22. The first kappa shape index (κ1) is 25.6.